The third-order valence-corrected chi connectivity index (χ3v) is 5.48. The van der Waals surface area contributed by atoms with E-state index < -0.39 is 35.0 Å². The third-order valence-electron chi connectivity index (χ3n) is 5.48. The van der Waals surface area contributed by atoms with Gasteiger partial charge in [-0.3, -0.25) is 4.79 Å². The van der Waals surface area contributed by atoms with Crippen LogP contribution in [-0.2, 0) is 10.9 Å². The summed E-state index contributed by atoms with van der Waals surface area (Å²) < 4.78 is 59.2. The normalized spacial score (nSPS) is 17.1. The Bertz CT molecular complexity index is 1170. The number of aliphatic imine (C=N–C) groups is 1. The van der Waals surface area contributed by atoms with Crippen LogP contribution in [0.2, 0.25) is 0 Å². The molecule has 174 valence electrons. The van der Waals surface area contributed by atoms with E-state index in [-0.39, 0.29) is 28.1 Å². The Labute approximate surface area is 188 Å². The number of nitrogens with zero attached hydrogens (tertiary/aromatic N) is 1. The summed E-state index contributed by atoms with van der Waals surface area (Å²) in [6, 6.07) is 7.25. The van der Waals surface area contributed by atoms with Crippen LogP contribution in [0.5, 0.6) is 0 Å². The number of aryl methyl sites for hydroxylation is 1. The molecular formula is C24H22F4N2O3. The Morgan fingerprint density at radius 1 is 1.09 bits per heavy atom. The molecule has 1 saturated carbocycles. The highest BCUT2D eigenvalue weighted by molar-refractivity contribution is 6.14. The monoisotopic (exact) mass is 462 g/mol. The number of hydrogen-bond acceptors (Lipinski definition) is 4. The number of halogens is 4. The molecule has 1 amide bonds. The maximum atomic E-state index is 14.4. The molecule has 0 saturated heterocycles. The van der Waals surface area contributed by atoms with Gasteiger partial charge in [-0.25, -0.2) is 14.2 Å². The number of benzene rings is 2. The summed E-state index contributed by atoms with van der Waals surface area (Å²) in [6.07, 6.45) is -2.53. The SMILES string of the molecule is COC(=O)c1ccc(/C(N)=C2\CCCCC2=NC(=O)c2c(C)cccc2C(F)(F)F)cc1F. The zero-order valence-corrected chi connectivity index (χ0v) is 18.1. The zero-order valence-electron chi connectivity index (χ0n) is 18.1. The number of rotatable bonds is 3. The number of carbonyl (C=O) groups excluding carboxylic acids is 2. The van der Waals surface area contributed by atoms with E-state index in [1.807, 2.05) is 0 Å². The average molecular weight is 462 g/mol. The second-order valence-electron chi connectivity index (χ2n) is 7.64. The summed E-state index contributed by atoms with van der Waals surface area (Å²) >= 11 is 0. The highest BCUT2D eigenvalue weighted by atomic mass is 19.4. The second kappa shape index (κ2) is 9.56. The smallest absolute Gasteiger partial charge is 0.417 e. The van der Waals surface area contributed by atoms with E-state index in [0.717, 1.165) is 25.7 Å². The number of nitrogens with two attached hydrogens (primary N) is 1. The molecule has 9 heteroatoms. The molecule has 0 heterocycles. The molecule has 1 fully saturated rings. The largest absolute Gasteiger partial charge is 0.465 e. The van der Waals surface area contributed by atoms with E-state index >= 15 is 0 Å². The maximum absolute atomic E-state index is 14.4. The van der Waals surface area contributed by atoms with Crippen LogP contribution in [-0.4, -0.2) is 24.7 Å². The molecule has 2 N–H and O–H groups in total. The van der Waals surface area contributed by atoms with Crippen LogP contribution in [0.15, 0.2) is 47.0 Å². The average Bonchev–Trinajstić information content (AvgIpc) is 2.77. The van der Waals surface area contributed by atoms with Crippen molar-refractivity contribution in [3.8, 4) is 0 Å². The standard InChI is InChI=1S/C24H22F4N2O3/c1-13-6-5-8-17(24(26,27)28)20(13)22(31)30-19-9-4-3-7-16(19)21(29)14-10-11-15(18(25)12-14)23(32)33-2/h5-6,8,10-12H,3-4,7,9,29H2,1-2H3/b21-16-,30-19?. The number of methoxy groups -OCH3 is 1. The highest BCUT2D eigenvalue weighted by Gasteiger charge is 2.36. The Kier molecular flexibility index (Phi) is 7.00. The fourth-order valence-electron chi connectivity index (χ4n) is 3.80. The van der Waals surface area contributed by atoms with E-state index in [4.69, 9.17) is 5.73 Å². The molecule has 3 rings (SSSR count). The molecule has 2 aromatic carbocycles. The molecule has 0 radical (unpaired) electrons. The van der Waals surface area contributed by atoms with Gasteiger partial charge < -0.3 is 10.5 Å². The van der Waals surface area contributed by atoms with E-state index in [2.05, 4.69) is 9.73 Å². The molecule has 5 nitrogen and oxygen atoms in total. The van der Waals surface area contributed by atoms with Crippen LogP contribution < -0.4 is 5.73 Å². The lowest BCUT2D eigenvalue weighted by atomic mass is 9.89. The number of amides is 1. The van der Waals surface area contributed by atoms with Gasteiger partial charge in [-0.2, -0.15) is 13.2 Å². The first-order valence-electron chi connectivity index (χ1n) is 10.2. The Hall–Kier alpha value is -3.49. The summed E-state index contributed by atoms with van der Waals surface area (Å²) in [7, 11) is 1.13. The lowest BCUT2D eigenvalue weighted by Gasteiger charge is -2.20. The van der Waals surface area contributed by atoms with Crippen molar-refractivity contribution in [1.82, 2.24) is 0 Å². The van der Waals surface area contributed by atoms with E-state index in [1.54, 1.807) is 0 Å². The van der Waals surface area contributed by atoms with Gasteiger partial charge in [0.2, 0.25) is 0 Å². The van der Waals surface area contributed by atoms with Gasteiger partial charge in [0.05, 0.1) is 23.8 Å². The van der Waals surface area contributed by atoms with Crippen molar-refractivity contribution < 1.29 is 31.9 Å². The van der Waals surface area contributed by atoms with E-state index in [9.17, 15) is 27.2 Å². The van der Waals surface area contributed by atoms with Crippen LogP contribution in [0.25, 0.3) is 5.70 Å². The zero-order chi connectivity index (χ0) is 24.3. The molecular weight excluding hydrogens is 440 g/mol. The number of carbonyl (C=O) groups is 2. The Morgan fingerprint density at radius 2 is 1.79 bits per heavy atom. The first-order chi connectivity index (χ1) is 15.5. The molecule has 0 aromatic heterocycles. The molecule has 0 aliphatic heterocycles. The van der Waals surface area contributed by atoms with Crippen LogP contribution in [0, 0.1) is 12.7 Å². The first-order valence-corrected chi connectivity index (χ1v) is 10.2. The summed E-state index contributed by atoms with van der Waals surface area (Å²) in [5.74, 6) is -2.67. The van der Waals surface area contributed by atoms with Crippen molar-refractivity contribution in [1.29, 1.82) is 0 Å². The van der Waals surface area contributed by atoms with E-state index in [0.29, 0.717) is 24.8 Å². The van der Waals surface area contributed by atoms with Crippen molar-refractivity contribution in [2.45, 2.75) is 38.8 Å². The van der Waals surface area contributed by atoms with Crippen molar-refractivity contribution in [2.24, 2.45) is 10.7 Å². The number of ether oxygens (including phenoxy) is 1. The summed E-state index contributed by atoms with van der Waals surface area (Å²) in [4.78, 5) is 28.5. The predicted molar refractivity (Wildman–Crippen MR) is 115 cm³/mol. The van der Waals surface area contributed by atoms with Gasteiger partial charge in [0, 0.05) is 17.0 Å². The minimum atomic E-state index is -4.71. The van der Waals surface area contributed by atoms with Gasteiger partial charge in [-0.15, -0.1) is 0 Å². The third kappa shape index (κ3) is 5.13. The molecule has 1 aliphatic rings. The minimum absolute atomic E-state index is 0.150. The Balaban J connectivity index is 2.05. The number of esters is 1. The lowest BCUT2D eigenvalue weighted by molar-refractivity contribution is -0.138. The van der Waals surface area contributed by atoms with Gasteiger partial charge in [-0.05, 0) is 61.9 Å². The molecule has 0 atom stereocenters. The van der Waals surface area contributed by atoms with Crippen LogP contribution in [0.3, 0.4) is 0 Å². The molecule has 2 aromatic rings. The van der Waals surface area contributed by atoms with E-state index in [1.165, 1.54) is 31.2 Å². The fourth-order valence-corrected chi connectivity index (χ4v) is 3.80. The topological polar surface area (TPSA) is 81.8 Å². The van der Waals surface area contributed by atoms with Gasteiger partial charge >= 0.3 is 12.1 Å². The fraction of sp³-hybridized carbons (Fsp3) is 0.292. The number of allylic oxidation sites excluding steroid dienone is 1. The summed E-state index contributed by atoms with van der Waals surface area (Å²) in [5.41, 5.74) is 5.77. The van der Waals surface area contributed by atoms with Gasteiger partial charge in [0.25, 0.3) is 5.91 Å². The maximum Gasteiger partial charge on any atom is 0.417 e. The molecule has 0 spiro atoms. The summed E-state index contributed by atoms with van der Waals surface area (Å²) in [5, 5.41) is 0. The predicted octanol–water partition coefficient (Wildman–Crippen LogP) is 5.46. The van der Waals surface area contributed by atoms with Crippen LogP contribution >= 0.6 is 0 Å². The van der Waals surface area contributed by atoms with Crippen LogP contribution in [0.1, 0.15) is 63.1 Å². The summed E-state index contributed by atoms with van der Waals surface area (Å²) in [6.45, 7) is 1.42. The second-order valence-corrected chi connectivity index (χ2v) is 7.64. The van der Waals surface area contributed by atoms with Crippen molar-refractivity contribution in [2.75, 3.05) is 7.11 Å². The molecule has 0 bridgehead atoms. The molecule has 33 heavy (non-hydrogen) atoms. The molecule has 1 aliphatic carbocycles. The van der Waals surface area contributed by atoms with Crippen LogP contribution in [0.4, 0.5) is 17.6 Å². The number of alkyl halides is 3. The molecule has 0 unspecified atom stereocenters. The van der Waals surface area contributed by atoms with Crippen molar-refractivity contribution in [3.63, 3.8) is 0 Å². The van der Waals surface area contributed by atoms with Crippen molar-refractivity contribution in [3.05, 3.63) is 75.6 Å². The lowest BCUT2D eigenvalue weighted by Crippen LogP contribution is -2.19. The quantitative estimate of drug-likeness (QED) is 0.485. The first kappa shape index (κ1) is 24.2. The Morgan fingerprint density at radius 3 is 2.42 bits per heavy atom. The highest BCUT2D eigenvalue weighted by Crippen LogP contribution is 2.34. The van der Waals surface area contributed by atoms with Gasteiger partial charge in [0.1, 0.15) is 5.82 Å². The minimum Gasteiger partial charge on any atom is -0.465 e. The van der Waals surface area contributed by atoms with Gasteiger partial charge in [0.15, 0.2) is 0 Å². The number of hydrogen-bond donors (Lipinski definition) is 1. The van der Waals surface area contributed by atoms with Crippen molar-refractivity contribution >= 4 is 23.3 Å². The van der Waals surface area contributed by atoms with Gasteiger partial charge in [-0.1, -0.05) is 18.2 Å².